The lowest BCUT2D eigenvalue weighted by molar-refractivity contribution is -0.116. The molecule has 0 bridgehead atoms. The van der Waals surface area contributed by atoms with E-state index in [0.29, 0.717) is 31.9 Å². The molecule has 2 atom stereocenters. The van der Waals surface area contributed by atoms with Crippen molar-refractivity contribution in [3.8, 4) is 5.75 Å². The van der Waals surface area contributed by atoms with Crippen LogP contribution in [0.1, 0.15) is 59.8 Å². The number of allylic oxidation sites excluding steroid dienone is 1. The van der Waals surface area contributed by atoms with E-state index in [2.05, 4.69) is 37.5 Å². The molecule has 0 radical (unpaired) electrons. The molecule has 0 spiro atoms. The van der Waals surface area contributed by atoms with Gasteiger partial charge in [0.05, 0.1) is 11.3 Å². The Morgan fingerprint density at radius 3 is 2.50 bits per heavy atom. The summed E-state index contributed by atoms with van der Waals surface area (Å²) in [4.78, 5) is 25.9. The molecule has 0 aromatic heterocycles. The summed E-state index contributed by atoms with van der Waals surface area (Å²) in [5.41, 5.74) is 5.55. The third-order valence-corrected chi connectivity index (χ3v) is 7.82. The minimum absolute atomic E-state index is 0.253. The maximum Gasteiger partial charge on any atom is 0.335 e. The van der Waals surface area contributed by atoms with Crippen LogP contribution in [0, 0.1) is 18.8 Å². The molecule has 0 aliphatic heterocycles. The van der Waals surface area contributed by atoms with Crippen LogP contribution in [0.5, 0.6) is 5.75 Å². The van der Waals surface area contributed by atoms with E-state index >= 15 is 0 Å². The summed E-state index contributed by atoms with van der Waals surface area (Å²) >= 11 is 1.43. The van der Waals surface area contributed by atoms with Crippen molar-refractivity contribution in [3.63, 3.8) is 0 Å². The third kappa shape index (κ3) is 7.51. The topological polar surface area (TPSA) is 87.1 Å². The highest BCUT2D eigenvalue weighted by molar-refractivity contribution is 8.05. The number of carbonyl (C=O) groups is 2. The van der Waals surface area contributed by atoms with Crippen LogP contribution < -0.4 is 9.64 Å². The standard InChI is InChI=1S/C31H39NO5S/c1-6-12-38-22(5)27(29(34)18-33)17-32(16-20(2)3)28-14-23-8-7-9-24(23)15-30(28)37-19-26-11-10-25(31(35)36)13-21(26)4/h6,10-15,18,20,27,29,34H,5,7-9,16-17,19H2,1-4H3,(H,35,36)/b12-6-/t27-,29?/m1/s1. The molecule has 0 saturated carbocycles. The van der Waals surface area contributed by atoms with E-state index in [1.807, 2.05) is 25.3 Å². The summed E-state index contributed by atoms with van der Waals surface area (Å²) in [6.07, 6.45) is 4.45. The van der Waals surface area contributed by atoms with Crippen molar-refractivity contribution in [2.45, 2.75) is 59.7 Å². The number of aldehydes is 1. The van der Waals surface area contributed by atoms with Crippen LogP contribution in [-0.4, -0.2) is 41.7 Å². The van der Waals surface area contributed by atoms with Gasteiger partial charge in [-0.05, 0) is 95.9 Å². The lowest BCUT2D eigenvalue weighted by atomic mass is 10.00. The molecule has 1 aliphatic rings. The van der Waals surface area contributed by atoms with Crippen molar-refractivity contribution >= 4 is 29.7 Å². The second-order valence-electron chi connectivity index (χ2n) is 10.3. The van der Waals surface area contributed by atoms with Crippen molar-refractivity contribution in [2.75, 3.05) is 18.0 Å². The van der Waals surface area contributed by atoms with E-state index in [1.54, 1.807) is 18.2 Å². The van der Waals surface area contributed by atoms with E-state index in [1.165, 1.54) is 22.9 Å². The van der Waals surface area contributed by atoms with Gasteiger partial charge >= 0.3 is 5.97 Å². The summed E-state index contributed by atoms with van der Waals surface area (Å²) in [6, 6.07) is 9.39. The zero-order valence-corrected chi connectivity index (χ0v) is 23.6. The van der Waals surface area contributed by atoms with Crippen molar-refractivity contribution in [3.05, 3.63) is 81.1 Å². The van der Waals surface area contributed by atoms with Crippen LogP contribution >= 0.6 is 11.8 Å². The lowest BCUT2D eigenvalue weighted by Gasteiger charge is -2.34. The van der Waals surface area contributed by atoms with Crippen molar-refractivity contribution < 1.29 is 24.5 Å². The van der Waals surface area contributed by atoms with Gasteiger partial charge in [0.2, 0.25) is 0 Å². The highest BCUT2D eigenvalue weighted by Gasteiger charge is 2.28. The molecule has 0 amide bonds. The molecule has 2 N–H and O–H groups in total. The molecule has 7 heteroatoms. The number of hydrogen-bond donors (Lipinski definition) is 2. The van der Waals surface area contributed by atoms with Gasteiger partial charge in [0.15, 0.2) is 0 Å². The Hall–Kier alpha value is -3.03. The smallest absolute Gasteiger partial charge is 0.335 e. The van der Waals surface area contributed by atoms with Gasteiger partial charge in [-0.2, -0.15) is 0 Å². The number of fused-ring (bicyclic) bond motifs is 1. The minimum atomic E-state index is -1.16. The lowest BCUT2D eigenvalue weighted by Crippen LogP contribution is -2.38. The Bertz CT molecular complexity index is 1190. The summed E-state index contributed by atoms with van der Waals surface area (Å²) in [6.45, 7) is 13.7. The first kappa shape index (κ1) is 29.5. The molecule has 1 unspecified atom stereocenters. The quantitative estimate of drug-likeness (QED) is 0.278. The van der Waals surface area contributed by atoms with E-state index in [9.17, 15) is 19.8 Å². The average molecular weight is 538 g/mol. The Morgan fingerprint density at radius 2 is 1.89 bits per heavy atom. The summed E-state index contributed by atoms with van der Waals surface area (Å²) < 4.78 is 6.43. The Balaban J connectivity index is 1.97. The number of nitrogens with zero attached hydrogens (tertiary/aromatic N) is 1. The number of aliphatic hydroxyl groups excluding tert-OH is 1. The average Bonchev–Trinajstić information content (AvgIpc) is 3.35. The Labute approximate surface area is 230 Å². The third-order valence-electron chi connectivity index (χ3n) is 6.81. The molecule has 38 heavy (non-hydrogen) atoms. The second-order valence-corrected chi connectivity index (χ2v) is 11.3. The van der Waals surface area contributed by atoms with Gasteiger partial charge in [-0.15, -0.1) is 11.8 Å². The van der Waals surface area contributed by atoms with Crippen molar-refractivity contribution in [2.24, 2.45) is 11.8 Å². The van der Waals surface area contributed by atoms with Crippen molar-refractivity contribution in [1.29, 1.82) is 0 Å². The maximum atomic E-state index is 11.6. The first-order valence-corrected chi connectivity index (χ1v) is 14.0. The fourth-order valence-corrected chi connectivity index (χ4v) is 5.48. The second kappa shape index (κ2) is 13.7. The van der Waals surface area contributed by atoms with Gasteiger partial charge in [0, 0.05) is 19.0 Å². The van der Waals surface area contributed by atoms with Crippen LogP contribution in [0.15, 0.2) is 53.3 Å². The fourth-order valence-electron chi connectivity index (χ4n) is 4.78. The van der Waals surface area contributed by atoms with Crippen molar-refractivity contribution in [1.82, 2.24) is 0 Å². The van der Waals surface area contributed by atoms with Crippen LogP contribution in [-0.2, 0) is 24.2 Å². The number of thioether (sulfide) groups is 1. The zero-order chi connectivity index (χ0) is 27.8. The highest BCUT2D eigenvalue weighted by atomic mass is 32.2. The number of benzene rings is 2. The maximum absolute atomic E-state index is 11.6. The number of aliphatic hydroxyl groups is 1. The number of aromatic carboxylic acids is 1. The van der Waals surface area contributed by atoms with Gasteiger partial charge in [0.1, 0.15) is 24.7 Å². The normalized spacial score (nSPS) is 14.4. The number of hydrogen-bond acceptors (Lipinski definition) is 6. The van der Waals surface area contributed by atoms with E-state index in [4.69, 9.17) is 4.74 Å². The van der Waals surface area contributed by atoms with Crippen LogP contribution in [0.2, 0.25) is 0 Å². The number of rotatable bonds is 14. The number of carboxylic acids is 1. The van der Waals surface area contributed by atoms with Gasteiger partial charge in [-0.25, -0.2) is 4.79 Å². The molecule has 0 heterocycles. The van der Waals surface area contributed by atoms with Gasteiger partial charge in [-0.1, -0.05) is 32.6 Å². The fraction of sp³-hybridized carbons (Fsp3) is 0.419. The molecule has 6 nitrogen and oxygen atoms in total. The van der Waals surface area contributed by atoms with Gasteiger partial charge in [0.25, 0.3) is 0 Å². The first-order valence-electron chi connectivity index (χ1n) is 13.1. The number of carbonyl (C=O) groups excluding carboxylic acids is 1. The predicted molar refractivity (Wildman–Crippen MR) is 155 cm³/mol. The molecule has 1 aliphatic carbocycles. The van der Waals surface area contributed by atoms with E-state index in [0.717, 1.165) is 46.7 Å². The van der Waals surface area contributed by atoms with Gasteiger partial charge in [-0.3, -0.25) is 0 Å². The molecule has 0 saturated heterocycles. The van der Waals surface area contributed by atoms with Gasteiger partial charge < -0.3 is 24.6 Å². The van der Waals surface area contributed by atoms with Crippen LogP contribution in [0.3, 0.4) is 0 Å². The predicted octanol–water partition coefficient (Wildman–Crippen LogP) is 6.18. The molecule has 204 valence electrons. The molecular weight excluding hydrogens is 498 g/mol. The molecular formula is C31H39NO5S. The number of carboxylic acid groups (broad SMARTS) is 1. The first-order chi connectivity index (χ1) is 18.1. The molecule has 0 fully saturated rings. The largest absolute Gasteiger partial charge is 0.487 e. The molecule has 2 aromatic rings. The molecule has 2 aromatic carbocycles. The van der Waals surface area contributed by atoms with E-state index in [-0.39, 0.29) is 5.56 Å². The minimum Gasteiger partial charge on any atom is -0.487 e. The zero-order valence-electron chi connectivity index (χ0n) is 22.8. The number of anilines is 1. The molecule has 3 rings (SSSR count). The summed E-state index contributed by atoms with van der Waals surface area (Å²) in [5, 5.41) is 21.8. The van der Waals surface area contributed by atoms with Crippen LogP contribution in [0.25, 0.3) is 0 Å². The SMILES string of the molecule is C=C(S/C=C\C)[C@@H](CN(CC(C)C)c1cc2c(cc1OCc1ccc(C(=O)O)cc1C)CCC2)C(O)C=O. The Morgan fingerprint density at radius 1 is 1.18 bits per heavy atom. The Kier molecular flexibility index (Phi) is 10.6. The van der Waals surface area contributed by atoms with E-state index < -0.39 is 18.0 Å². The number of aryl methyl sites for hydroxylation is 3. The summed E-state index contributed by atoms with van der Waals surface area (Å²) in [5.74, 6) is -0.335. The van der Waals surface area contributed by atoms with Crippen LogP contribution in [0.4, 0.5) is 5.69 Å². The highest BCUT2D eigenvalue weighted by Crippen LogP contribution is 2.38. The monoisotopic (exact) mass is 537 g/mol. The number of ether oxygens (including phenoxy) is 1. The summed E-state index contributed by atoms with van der Waals surface area (Å²) in [7, 11) is 0.